The van der Waals surface area contributed by atoms with Gasteiger partial charge in [-0.05, 0) is 36.8 Å². The smallest absolute Gasteiger partial charge is 0.320 e. The summed E-state index contributed by atoms with van der Waals surface area (Å²) in [6.45, 7) is 2.62. The number of anilines is 1. The number of allylic oxidation sites excluding steroid dienone is 3. The van der Waals surface area contributed by atoms with Gasteiger partial charge in [0.25, 0.3) is 5.92 Å². The Balaban J connectivity index is 1.25. The van der Waals surface area contributed by atoms with E-state index in [1.807, 2.05) is 50.5 Å². The molecule has 14 heteroatoms. The Hall–Kier alpha value is -4.01. The number of benzene rings is 1. The summed E-state index contributed by atoms with van der Waals surface area (Å²) in [7, 11) is 3.36. The van der Waals surface area contributed by atoms with E-state index < -0.39 is 30.3 Å². The van der Waals surface area contributed by atoms with Crippen molar-refractivity contribution in [3.05, 3.63) is 72.1 Å². The van der Waals surface area contributed by atoms with Crippen molar-refractivity contribution in [2.75, 3.05) is 51.8 Å². The SMILES string of the molecule is COCC(CN1CC(F)(F)C1)N1CC(NC(=O)Nc2c(C)c(-c3cnn(C)c3)nn2-c2ccccc2)[C@H](C2=CC(F)C(F)C=C2)C1. The molecule has 46 heavy (non-hydrogen) atoms. The first-order chi connectivity index (χ1) is 22.0. The molecule has 2 fully saturated rings. The molecule has 6 rings (SSSR count). The second kappa shape index (κ2) is 13.0. The summed E-state index contributed by atoms with van der Waals surface area (Å²) < 4.78 is 64.5. The first-order valence-corrected chi connectivity index (χ1v) is 15.2. The van der Waals surface area contributed by atoms with Crippen molar-refractivity contribution in [1.82, 2.24) is 34.7 Å². The van der Waals surface area contributed by atoms with E-state index in [1.54, 1.807) is 33.6 Å². The quantitative estimate of drug-likeness (QED) is 0.323. The number of urea groups is 1. The second-order valence-electron chi connectivity index (χ2n) is 12.3. The van der Waals surface area contributed by atoms with Crippen LogP contribution in [0.4, 0.5) is 28.2 Å². The van der Waals surface area contributed by atoms with Gasteiger partial charge in [-0.3, -0.25) is 19.8 Å². The minimum absolute atomic E-state index is 0.245. The third kappa shape index (κ3) is 6.74. The number of hydrogen-bond acceptors (Lipinski definition) is 6. The molecule has 0 radical (unpaired) electrons. The molecule has 2 aromatic heterocycles. The molecule has 4 unspecified atom stereocenters. The Morgan fingerprint density at radius 3 is 2.57 bits per heavy atom. The Kier molecular flexibility index (Phi) is 9.03. The molecule has 10 nitrogen and oxygen atoms in total. The molecular formula is C32H38F4N8O2. The van der Waals surface area contributed by atoms with E-state index in [0.29, 0.717) is 36.7 Å². The highest BCUT2D eigenvalue weighted by atomic mass is 19.3. The number of likely N-dealkylation sites (tertiary alicyclic amines) is 2. The number of methoxy groups -OCH3 is 1. The summed E-state index contributed by atoms with van der Waals surface area (Å²) in [6, 6.07) is 8.16. The molecule has 5 atom stereocenters. The summed E-state index contributed by atoms with van der Waals surface area (Å²) in [5.41, 5.74) is 3.49. The molecular weight excluding hydrogens is 604 g/mol. The number of carbonyl (C=O) groups excluding carboxylic acids is 1. The first-order valence-electron chi connectivity index (χ1n) is 15.2. The number of hydrogen-bond donors (Lipinski definition) is 2. The van der Waals surface area contributed by atoms with Crippen LogP contribution in [0, 0.1) is 12.8 Å². The van der Waals surface area contributed by atoms with Crippen LogP contribution in [-0.2, 0) is 11.8 Å². The van der Waals surface area contributed by atoms with Crippen LogP contribution < -0.4 is 10.6 Å². The predicted octanol–water partition coefficient (Wildman–Crippen LogP) is 4.14. The average molecular weight is 643 g/mol. The van der Waals surface area contributed by atoms with Gasteiger partial charge in [0.2, 0.25) is 0 Å². The van der Waals surface area contributed by atoms with Gasteiger partial charge < -0.3 is 10.1 Å². The van der Waals surface area contributed by atoms with Crippen molar-refractivity contribution in [1.29, 1.82) is 0 Å². The van der Waals surface area contributed by atoms with Crippen LogP contribution in [0.3, 0.4) is 0 Å². The Bertz CT molecular complexity index is 1600. The lowest BCUT2D eigenvalue weighted by molar-refractivity contribution is -0.137. The summed E-state index contributed by atoms with van der Waals surface area (Å²) in [6.07, 6.45) is 4.04. The van der Waals surface area contributed by atoms with Crippen LogP contribution in [0.1, 0.15) is 5.56 Å². The summed E-state index contributed by atoms with van der Waals surface area (Å²) in [4.78, 5) is 17.5. The van der Waals surface area contributed by atoms with Gasteiger partial charge in [-0.25, -0.2) is 27.0 Å². The fourth-order valence-electron chi connectivity index (χ4n) is 6.53. The van der Waals surface area contributed by atoms with Gasteiger partial charge in [-0.1, -0.05) is 24.3 Å². The summed E-state index contributed by atoms with van der Waals surface area (Å²) >= 11 is 0. The third-order valence-corrected chi connectivity index (χ3v) is 8.81. The second-order valence-corrected chi connectivity index (χ2v) is 12.3. The highest BCUT2D eigenvalue weighted by Gasteiger charge is 2.46. The normalized spacial score (nSPS) is 25.2. The number of para-hydroxylation sites is 1. The van der Waals surface area contributed by atoms with Gasteiger partial charge in [0.15, 0.2) is 12.3 Å². The predicted molar refractivity (Wildman–Crippen MR) is 166 cm³/mol. The largest absolute Gasteiger partial charge is 0.383 e. The van der Waals surface area contributed by atoms with Gasteiger partial charge in [-0.2, -0.15) is 10.2 Å². The molecule has 2 N–H and O–H groups in total. The van der Waals surface area contributed by atoms with E-state index in [2.05, 4.69) is 20.6 Å². The highest BCUT2D eigenvalue weighted by molar-refractivity contribution is 5.91. The number of nitrogens with zero attached hydrogens (tertiary/aromatic N) is 6. The van der Waals surface area contributed by atoms with Crippen molar-refractivity contribution in [2.45, 2.75) is 37.3 Å². The molecule has 0 saturated carbocycles. The molecule has 3 aliphatic rings. The van der Waals surface area contributed by atoms with Gasteiger partial charge >= 0.3 is 6.03 Å². The molecule has 2 aliphatic heterocycles. The van der Waals surface area contributed by atoms with E-state index in [1.165, 1.54) is 12.2 Å². The lowest BCUT2D eigenvalue weighted by Gasteiger charge is -2.42. The molecule has 2 amide bonds. The number of nitrogens with one attached hydrogen (secondary N) is 2. The minimum Gasteiger partial charge on any atom is -0.383 e. The number of rotatable bonds is 10. The van der Waals surface area contributed by atoms with Crippen LogP contribution >= 0.6 is 0 Å². The topological polar surface area (TPSA) is 92.5 Å². The number of aromatic nitrogens is 4. The standard InChI is InChI=1S/C32H38F4N8O2/c1-20-29(22-12-37-41(2)13-22)40-44(23-7-5-4-6-8-23)30(20)39-31(45)38-28-16-43(15-25(28)21-9-10-26(33)27(34)11-21)24(17-46-3)14-42-18-32(35,36)19-42/h4-13,24-28H,14-19H2,1-3H3,(H2,38,39,45)/t24?,25-,26?,27?,28?/m0/s1. The maximum Gasteiger partial charge on any atom is 0.320 e. The van der Waals surface area contributed by atoms with E-state index in [9.17, 15) is 22.4 Å². The molecule has 3 aromatic rings. The monoisotopic (exact) mass is 642 g/mol. The average Bonchev–Trinajstić information content (AvgIpc) is 3.71. The van der Waals surface area contributed by atoms with Crippen molar-refractivity contribution < 1.29 is 27.1 Å². The lowest BCUT2D eigenvalue weighted by Crippen LogP contribution is -2.60. The molecule has 0 bridgehead atoms. The molecule has 246 valence electrons. The maximum absolute atomic E-state index is 14.5. The molecule has 1 aromatic carbocycles. The van der Waals surface area contributed by atoms with Gasteiger partial charge in [-0.15, -0.1) is 0 Å². The van der Waals surface area contributed by atoms with Crippen molar-refractivity contribution in [3.8, 4) is 16.9 Å². The number of halogens is 4. The molecule has 4 heterocycles. The Morgan fingerprint density at radius 1 is 1.15 bits per heavy atom. The fraction of sp³-hybridized carbons (Fsp3) is 0.469. The third-order valence-electron chi connectivity index (χ3n) is 8.81. The summed E-state index contributed by atoms with van der Waals surface area (Å²) in [5.74, 6) is -2.62. The van der Waals surface area contributed by atoms with E-state index in [4.69, 9.17) is 9.84 Å². The van der Waals surface area contributed by atoms with Crippen molar-refractivity contribution >= 4 is 11.8 Å². The first kappa shape index (κ1) is 32.0. The van der Waals surface area contributed by atoms with Gasteiger partial charge in [0, 0.05) is 63.1 Å². The van der Waals surface area contributed by atoms with E-state index in [-0.39, 0.29) is 31.7 Å². The molecule has 0 spiro atoms. The van der Waals surface area contributed by atoms with E-state index in [0.717, 1.165) is 16.8 Å². The van der Waals surface area contributed by atoms with Gasteiger partial charge in [0.05, 0.1) is 37.6 Å². The van der Waals surface area contributed by atoms with Gasteiger partial charge in [0.1, 0.15) is 11.5 Å². The number of alkyl halides is 4. The van der Waals surface area contributed by atoms with Crippen LogP contribution in [0.15, 0.2) is 66.5 Å². The van der Waals surface area contributed by atoms with Crippen LogP contribution in [-0.4, -0.2) is 112 Å². The maximum atomic E-state index is 14.5. The zero-order valence-electron chi connectivity index (χ0n) is 25.9. The molecule has 2 saturated heterocycles. The Morgan fingerprint density at radius 2 is 1.91 bits per heavy atom. The molecule has 1 aliphatic carbocycles. The van der Waals surface area contributed by atoms with Crippen LogP contribution in [0.2, 0.25) is 0 Å². The van der Waals surface area contributed by atoms with Crippen molar-refractivity contribution in [3.63, 3.8) is 0 Å². The van der Waals surface area contributed by atoms with Crippen LogP contribution in [0.25, 0.3) is 16.9 Å². The lowest BCUT2D eigenvalue weighted by atomic mass is 9.89. The zero-order chi connectivity index (χ0) is 32.6. The van der Waals surface area contributed by atoms with Crippen molar-refractivity contribution in [2.24, 2.45) is 13.0 Å². The fourth-order valence-corrected chi connectivity index (χ4v) is 6.53. The number of amides is 2. The minimum atomic E-state index is -2.70. The zero-order valence-corrected chi connectivity index (χ0v) is 25.9. The number of ether oxygens (including phenoxy) is 1. The highest BCUT2D eigenvalue weighted by Crippen LogP contribution is 2.34. The van der Waals surface area contributed by atoms with Crippen LogP contribution in [0.5, 0.6) is 0 Å². The number of carbonyl (C=O) groups is 1. The Labute approximate surface area is 264 Å². The summed E-state index contributed by atoms with van der Waals surface area (Å²) in [5, 5.41) is 15.1. The van der Waals surface area contributed by atoms with E-state index >= 15 is 0 Å². The number of aryl methyl sites for hydroxylation is 1.